The molecule has 4 heteroatoms. The van der Waals surface area contributed by atoms with Crippen LogP contribution in [-0.4, -0.2) is 12.5 Å². The van der Waals surface area contributed by atoms with E-state index < -0.39 is 0 Å². The highest BCUT2D eigenvalue weighted by molar-refractivity contribution is 5.88. The van der Waals surface area contributed by atoms with Crippen molar-refractivity contribution in [2.24, 2.45) is 5.73 Å². The predicted octanol–water partition coefficient (Wildman–Crippen LogP) is 2.08. The highest BCUT2D eigenvalue weighted by atomic mass is 16.5. The lowest BCUT2D eigenvalue weighted by Crippen LogP contribution is -2.03. The van der Waals surface area contributed by atoms with Gasteiger partial charge in [0, 0.05) is 11.3 Å². The number of carbonyl (C=O) groups is 1. The summed E-state index contributed by atoms with van der Waals surface area (Å²) in [6.07, 6.45) is 5.50. The lowest BCUT2D eigenvalue weighted by molar-refractivity contribution is -0.133. The summed E-state index contributed by atoms with van der Waals surface area (Å²) in [6.45, 7) is 2.22. The van der Waals surface area contributed by atoms with Crippen LogP contribution in [0, 0.1) is 0 Å². The first kappa shape index (κ1) is 14.0. The maximum atomic E-state index is 11.5. The first-order valence-electron chi connectivity index (χ1n) is 5.73. The summed E-state index contributed by atoms with van der Waals surface area (Å²) in [4.78, 5) is 11.5. The van der Waals surface area contributed by atoms with Gasteiger partial charge in [-0.3, -0.25) is 0 Å². The molecule has 0 aliphatic carbocycles. The second-order valence-corrected chi connectivity index (χ2v) is 3.84. The summed E-state index contributed by atoms with van der Waals surface area (Å²) in [7, 11) is 0. The van der Waals surface area contributed by atoms with Crippen molar-refractivity contribution in [1.82, 2.24) is 0 Å². The molecule has 0 fully saturated rings. The quantitative estimate of drug-likeness (QED) is 0.361. The molecule has 0 saturated carbocycles. The standard InChI is InChI=1S/C14H18N2O2/c1-11(3-2-9-15)14(17)18-10-8-12-4-6-13(16)7-5-12/h3-8,10H,2,9,15-16H2,1H3. The van der Waals surface area contributed by atoms with Crippen LogP contribution in [-0.2, 0) is 9.53 Å². The van der Waals surface area contributed by atoms with Gasteiger partial charge in [-0.05, 0) is 43.7 Å². The number of carbonyl (C=O) groups excluding carboxylic acids is 1. The summed E-state index contributed by atoms with van der Waals surface area (Å²) >= 11 is 0. The van der Waals surface area contributed by atoms with Gasteiger partial charge in [0.25, 0.3) is 0 Å². The van der Waals surface area contributed by atoms with E-state index in [2.05, 4.69) is 0 Å². The van der Waals surface area contributed by atoms with Gasteiger partial charge in [-0.15, -0.1) is 0 Å². The maximum Gasteiger partial charge on any atom is 0.338 e. The van der Waals surface area contributed by atoms with E-state index in [0.717, 1.165) is 5.56 Å². The SMILES string of the molecule is CC(=CCCN)C(=O)OC=Cc1ccc(N)cc1. The van der Waals surface area contributed by atoms with Crippen LogP contribution in [0.25, 0.3) is 6.08 Å². The van der Waals surface area contributed by atoms with E-state index >= 15 is 0 Å². The maximum absolute atomic E-state index is 11.5. The van der Waals surface area contributed by atoms with Crippen LogP contribution in [0.15, 0.2) is 42.2 Å². The Hall–Kier alpha value is -2.07. The van der Waals surface area contributed by atoms with Gasteiger partial charge in [0.15, 0.2) is 0 Å². The van der Waals surface area contributed by atoms with Gasteiger partial charge in [-0.2, -0.15) is 0 Å². The van der Waals surface area contributed by atoms with Gasteiger partial charge < -0.3 is 16.2 Å². The minimum absolute atomic E-state index is 0.366. The molecule has 0 aliphatic rings. The summed E-state index contributed by atoms with van der Waals surface area (Å²) < 4.78 is 4.98. The molecule has 96 valence electrons. The fourth-order valence-electron chi connectivity index (χ4n) is 1.26. The Labute approximate surface area is 107 Å². The summed E-state index contributed by atoms with van der Waals surface area (Å²) in [5, 5.41) is 0. The molecule has 0 bridgehead atoms. The molecule has 0 radical (unpaired) electrons. The Morgan fingerprint density at radius 3 is 2.61 bits per heavy atom. The zero-order valence-electron chi connectivity index (χ0n) is 10.4. The van der Waals surface area contributed by atoms with Crippen molar-refractivity contribution in [3.63, 3.8) is 0 Å². The van der Waals surface area contributed by atoms with Gasteiger partial charge in [0.05, 0.1) is 6.26 Å². The molecule has 0 atom stereocenters. The molecule has 0 heterocycles. The Kier molecular flexibility index (Phi) is 5.67. The van der Waals surface area contributed by atoms with Crippen molar-refractivity contribution in [1.29, 1.82) is 0 Å². The summed E-state index contributed by atoms with van der Waals surface area (Å²) in [5.41, 5.74) is 13.1. The Morgan fingerprint density at radius 2 is 2.00 bits per heavy atom. The molecule has 0 amide bonds. The molecule has 0 aliphatic heterocycles. The monoisotopic (exact) mass is 246 g/mol. The molecule has 0 aromatic heterocycles. The van der Waals surface area contributed by atoms with Crippen molar-refractivity contribution in [2.45, 2.75) is 13.3 Å². The number of benzene rings is 1. The fourth-order valence-corrected chi connectivity index (χ4v) is 1.26. The van der Waals surface area contributed by atoms with E-state index in [1.54, 1.807) is 31.2 Å². The second kappa shape index (κ2) is 7.29. The first-order chi connectivity index (χ1) is 8.63. The van der Waals surface area contributed by atoms with Crippen LogP contribution in [0.2, 0.25) is 0 Å². The molecule has 4 nitrogen and oxygen atoms in total. The molecule has 4 N–H and O–H groups in total. The predicted molar refractivity (Wildman–Crippen MR) is 73.4 cm³/mol. The molecule has 1 aromatic carbocycles. The topological polar surface area (TPSA) is 78.3 Å². The van der Waals surface area contributed by atoms with E-state index in [-0.39, 0.29) is 5.97 Å². The molecule has 18 heavy (non-hydrogen) atoms. The lowest BCUT2D eigenvalue weighted by Gasteiger charge is -1.99. The molecule has 0 unspecified atom stereocenters. The van der Waals surface area contributed by atoms with Gasteiger partial charge in [-0.1, -0.05) is 18.2 Å². The molecule has 1 aromatic rings. The van der Waals surface area contributed by atoms with Crippen molar-refractivity contribution in [3.8, 4) is 0 Å². The van der Waals surface area contributed by atoms with Crippen LogP contribution in [0.5, 0.6) is 0 Å². The lowest BCUT2D eigenvalue weighted by atomic mass is 10.2. The van der Waals surface area contributed by atoms with Crippen molar-refractivity contribution < 1.29 is 9.53 Å². The smallest absolute Gasteiger partial charge is 0.338 e. The molecular weight excluding hydrogens is 228 g/mol. The van der Waals surface area contributed by atoms with Crippen molar-refractivity contribution in [2.75, 3.05) is 12.3 Å². The Bertz CT molecular complexity index is 447. The van der Waals surface area contributed by atoms with Gasteiger partial charge in [-0.25, -0.2) is 4.79 Å². The number of anilines is 1. The van der Waals surface area contributed by atoms with E-state index in [1.165, 1.54) is 6.26 Å². The summed E-state index contributed by atoms with van der Waals surface area (Å²) in [6, 6.07) is 7.26. The van der Waals surface area contributed by atoms with Crippen LogP contribution in [0.4, 0.5) is 5.69 Å². The average Bonchev–Trinajstić information content (AvgIpc) is 2.38. The van der Waals surface area contributed by atoms with Crippen molar-refractivity contribution in [3.05, 3.63) is 47.7 Å². The third-order valence-electron chi connectivity index (χ3n) is 2.31. The molecule has 0 spiro atoms. The van der Waals surface area contributed by atoms with Gasteiger partial charge in [0.2, 0.25) is 0 Å². The Morgan fingerprint density at radius 1 is 1.33 bits per heavy atom. The number of rotatable bonds is 5. The number of esters is 1. The number of ether oxygens (including phenoxy) is 1. The zero-order chi connectivity index (χ0) is 13.4. The second-order valence-electron chi connectivity index (χ2n) is 3.84. The fraction of sp³-hybridized carbons (Fsp3) is 0.214. The van der Waals surface area contributed by atoms with Crippen LogP contribution in [0.1, 0.15) is 18.9 Å². The number of nitrogen functional groups attached to an aromatic ring is 1. The zero-order valence-corrected chi connectivity index (χ0v) is 10.4. The highest BCUT2D eigenvalue weighted by Gasteiger charge is 2.02. The third-order valence-corrected chi connectivity index (χ3v) is 2.31. The normalized spacial score (nSPS) is 11.8. The van der Waals surface area contributed by atoms with Gasteiger partial charge >= 0.3 is 5.97 Å². The largest absolute Gasteiger partial charge is 0.431 e. The van der Waals surface area contributed by atoms with Crippen molar-refractivity contribution >= 4 is 17.7 Å². The number of nitrogens with two attached hydrogens (primary N) is 2. The minimum Gasteiger partial charge on any atom is -0.431 e. The van der Waals surface area contributed by atoms with Crippen LogP contribution < -0.4 is 11.5 Å². The number of hydrogen-bond donors (Lipinski definition) is 2. The highest BCUT2D eigenvalue weighted by Crippen LogP contribution is 2.07. The molecular formula is C14H18N2O2. The molecule has 1 rings (SSSR count). The average molecular weight is 246 g/mol. The van der Waals surface area contributed by atoms with E-state index in [9.17, 15) is 4.79 Å². The first-order valence-corrected chi connectivity index (χ1v) is 5.73. The minimum atomic E-state index is -0.366. The third kappa shape index (κ3) is 4.84. The van der Waals surface area contributed by atoms with Crippen LogP contribution >= 0.6 is 0 Å². The Balaban J connectivity index is 2.49. The van der Waals surface area contributed by atoms with Crippen LogP contribution in [0.3, 0.4) is 0 Å². The summed E-state index contributed by atoms with van der Waals surface area (Å²) in [5.74, 6) is -0.366. The molecule has 0 saturated heterocycles. The number of hydrogen-bond acceptors (Lipinski definition) is 4. The van der Waals surface area contributed by atoms with E-state index in [4.69, 9.17) is 16.2 Å². The van der Waals surface area contributed by atoms with Gasteiger partial charge in [0.1, 0.15) is 0 Å². The van der Waals surface area contributed by atoms with E-state index in [0.29, 0.717) is 24.2 Å². The van der Waals surface area contributed by atoms with E-state index in [1.807, 2.05) is 12.1 Å².